The van der Waals surface area contributed by atoms with E-state index in [1.807, 2.05) is 12.1 Å². The van der Waals surface area contributed by atoms with Gasteiger partial charge >= 0.3 is 0 Å². The number of rotatable bonds is 0. The molecule has 0 radical (unpaired) electrons. The molecule has 74 valence electrons. The van der Waals surface area contributed by atoms with Crippen LogP contribution < -0.4 is 11.5 Å². The lowest BCUT2D eigenvalue weighted by Crippen LogP contribution is -2.01. The second-order valence-corrected chi connectivity index (χ2v) is 4.60. The van der Waals surface area contributed by atoms with Crippen molar-refractivity contribution < 1.29 is 0 Å². The van der Waals surface area contributed by atoms with Crippen molar-refractivity contribution in [1.29, 1.82) is 0 Å². The van der Waals surface area contributed by atoms with Gasteiger partial charge in [-0.05, 0) is 47.0 Å². The van der Waals surface area contributed by atoms with Gasteiger partial charge in [0, 0.05) is 0 Å². The van der Waals surface area contributed by atoms with E-state index < -0.39 is 0 Å². The predicted molar refractivity (Wildman–Crippen MR) is 65.1 cm³/mol. The Labute approximate surface area is 92.1 Å². The molecular formula is C11H13BrN2. The van der Waals surface area contributed by atoms with Gasteiger partial charge in [-0.15, -0.1) is 0 Å². The van der Waals surface area contributed by atoms with E-state index in [0.717, 1.165) is 24.9 Å². The Morgan fingerprint density at radius 1 is 1.14 bits per heavy atom. The van der Waals surface area contributed by atoms with E-state index in [1.54, 1.807) is 0 Å². The highest BCUT2D eigenvalue weighted by atomic mass is 79.9. The lowest BCUT2D eigenvalue weighted by molar-refractivity contribution is 0.849. The Balaban J connectivity index is 2.58. The van der Waals surface area contributed by atoms with Crippen LogP contribution in [-0.2, 0) is 6.42 Å². The number of nitrogens with two attached hydrogens (primary N) is 2. The SMILES string of the molecule is Nc1ccc2c(c1N)CCCC(Br)=C2. The minimum Gasteiger partial charge on any atom is -0.397 e. The summed E-state index contributed by atoms with van der Waals surface area (Å²) < 4.78 is 1.24. The summed E-state index contributed by atoms with van der Waals surface area (Å²) in [7, 11) is 0. The summed E-state index contributed by atoms with van der Waals surface area (Å²) in [6, 6.07) is 3.91. The molecule has 0 aromatic heterocycles. The van der Waals surface area contributed by atoms with Crippen LogP contribution in [0.2, 0.25) is 0 Å². The summed E-state index contributed by atoms with van der Waals surface area (Å²) in [5.74, 6) is 0. The number of anilines is 2. The van der Waals surface area contributed by atoms with Gasteiger partial charge in [0.05, 0.1) is 11.4 Å². The maximum atomic E-state index is 5.95. The van der Waals surface area contributed by atoms with Crippen LogP contribution in [0.1, 0.15) is 24.0 Å². The molecule has 1 aliphatic carbocycles. The molecule has 14 heavy (non-hydrogen) atoms. The van der Waals surface area contributed by atoms with Crippen molar-refractivity contribution >= 4 is 33.4 Å². The van der Waals surface area contributed by atoms with Crippen LogP contribution in [0.15, 0.2) is 16.6 Å². The molecule has 1 aromatic carbocycles. The first-order valence-electron chi connectivity index (χ1n) is 4.71. The number of allylic oxidation sites excluding steroid dienone is 1. The number of hydrogen-bond acceptors (Lipinski definition) is 2. The summed E-state index contributed by atoms with van der Waals surface area (Å²) in [6.07, 6.45) is 5.35. The van der Waals surface area contributed by atoms with Gasteiger partial charge in [0.1, 0.15) is 0 Å². The summed E-state index contributed by atoms with van der Waals surface area (Å²) in [6.45, 7) is 0. The Hall–Kier alpha value is -0.960. The van der Waals surface area contributed by atoms with Gasteiger partial charge in [0.15, 0.2) is 0 Å². The smallest absolute Gasteiger partial charge is 0.0586 e. The Bertz CT molecular complexity index is 397. The fourth-order valence-corrected chi connectivity index (χ4v) is 2.32. The number of nitrogen functional groups attached to an aromatic ring is 2. The second kappa shape index (κ2) is 3.65. The van der Waals surface area contributed by atoms with Gasteiger partial charge in [-0.2, -0.15) is 0 Å². The van der Waals surface area contributed by atoms with Crippen molar-refractivity contribution in [3.63, 3.8) is 0 Å². The Morgan fingerprint density at radius 3 is 2.71 bits per heavy atom. The topological polar surface area (TPSA) is 52.0 Å². The highest BCUT2D eigenvalue weighted by molar-refractivity contribution is 9.11. The largest absolute Gasteiger partial charge is 0.397 e. The van der Waals surface area contributed by atoms with Crippen molar-refractivity contribution in [2.45, 2.75) is 19.3 Å². The van der Waals surface area contributed by atoms with Crippen LogP contribution in [-0.4, -0.2) is 0 Å². The first-order valence-corrected chi connectivity index (χ1v) is 5.50. The minimum absolute atomic E-state index is 0.690. The van der Waals surface area contributed by atoms with Crippen LogP contribution in [0.4, 0.5) is 11.4 Å². The van der Waals surface area contributed by atoms with Gasteiger partial charge in [-0.3, -0.25) is 0 Å². The molecule has 0 saturated carbocycles. The van der Waals surface area contributed by atoms with E-state index in [4.69, 9.17) is 11.5 Å². The molecule has 0 unspecified atom stereocenters. The third-order valence-electron chi connectivity index (χ3n) is 2.58. The molecule has 4 N–H and O–H groups in total. The molecule has 0 atom stereocenters. The normalized spacial score (nSPS) is 15.6. The average Bonchev–Trinajstić information content (AvgIpc) is 2.34. The van der Waals surface area contributed by atoms with Crippen molar-refractivity contribution in [3.8, 4) is 0 Å². The zero-order valence-electron chi connectivity index (χ0n) is 7.89. The van der Waals surface area contributed by atoms with Crippen molar-refractivity contribution in [1.82, 2.24) is 0 Å². The van der Waals surface area contributed by atoms with Crippen LogP contribution in [0, 0.1) is 0 Å². The lowest BCUT2D eigenvalue weighted by atomic mass is 10.0. The number of benzene rings is 1. The number of halogens is 1. The van der Waals surface area contributed by atoms with E-state index in [-0.39, 0.29) is 0 Å². The van der Waals surface area contributed by atoms with Crippen molar-refractivity contribution in [2.24, 2.45) is 0 Å². The molecule has 1 aliphatic rings. The highest BCUT2D eigenvalue weighted by Gasteiger charge is 2.11. The van der Waals surface area contributed by atoms with Gasteiger partial charge < -0.3 is 11.5 Å². The zero-order valence-corrected chi connectivity index (χ0v) is 9.47. The van der Waals surface area contributed by atoms with E-state index in [2.05, 4.69) is 22.0 Å². The van der Waals surface area contributed by atoms with Crippen molar-refractivity contribution in [2.75, 3.05) is 11.5 Å². The van der Waals surface area contributed by atoms with Crippen LogP contribution in [0.5, 0.6) is 0 Å². The van der Waals surface area contributed by atoms with Crippen LogP contribution >= 0.6 is 15.9 Å². The molecule has 2 rings (SSSR count). The quantitative estimate of drug-likeness (QED) is 0.698. The molecule has 0 aliphatic heterocycles. The molecule has 0 spiro atoms. The van der Waals surface area contributed by atoms with E-state index >= 15 is 0 Å². The molecule has 0 amide bonds. The maximum absolute atomic E-state index is 5.95. The molecule has 0 fully saturated rings. The number of hydrogen-bond donors (Lipinski definition) is 2. The van der Waals surface area contributed by atoms with Crippen LogP contribution in [0.3, 0.4) is 0 Å². The van der Waals surface area contributed by atoms with Gasteiger partial charge in [0.25, 0.3) is 0 Å². The summed E-state index contributed by atoms with van der Waals surface area (Å²) in [5, 5.41) is 0. The molecule has 1 aromatic rings. The standard InChI is InChI=1S/C11H13BrN2/c12-8-2-1-3-9-7(6-8)4-5-10(13)11(9)14/h4-6H,1-3,13-14H2. The minimum atomic E-state index is 0.690. The Kier molecular flexibility index (Phi) is 2.50. The monoisotopic (exact) mass is 252 g/mol. The molecule has 0 heterocycles. The third-order valence-corrected chi connectivity index (χ3v) is 3.21. The zero-order chi connectivity index (χ0) is 10.1. The highest BCUT2D eigenvalue weighted by Crippen LogP contribution is 2.32. The molecule has 0 bridgehead atoms. The summed E-state index contributed by atoms with van der Waals surface area (Å²) in [4.78, 5) is 0. The van der Waals surface area contributed by atoms with Crippen molar-refractivity contribution in [3.05, 3.63) is 27.7 Å². The van der Waals surface area contributed by atoms with E-state index in [9.17, 15) is 0 Å². The molecule has 3 heteroatoms. The van der Waals surface area contributed by atoms with E-state index in [0.29, 0.717) is 5.69 Å². The Morgan fingerprint density at radius 2 is 1.93 bits per heavy atom. The maximum Gasteiger partial charge on any atom is 0.0586 e. The molecular weight excluding hydrogens is 240 g/mol. The summed E-state index contributed by atoms with van der Waals surface area (Å²) >= 11 is 3.54. The summed E-state index contributed by atoms with van der Waals surface area (Å²) in [5.41, 5.74) is 15.6. The fourth-order valence-electron chi connectivity index (χ4n) is 1.79. The first-order chi connectivity index (χ1) is 6.68. The van der Waals surface area contributed by atoms with Gasteiger partial charge in [0.2, 0.25) is 0 Å². The van der Waals surface area contributed by atoms with Crippen LogP contribution in [0.25, 0.3) is 6.08 Å². The first kappa shape index (κ1) is 9.59. The fraction of sp³-hybridized carbons (Fsp3) is 0.273. The second-order valence-electron chi connectivity index (χ2n) is 3.58. The van der Waals surface area contributed by atoms with E-state index in [1.165, 1.54) is 15.6 Å². The molecule has 0 saturated heterocycles. The number of fused-ring (bicyclic) bond motifs is 1. The lowest BCUT2D eigenvalue weighted by Gasteiger charge is -2.09. The molecule has 2 nitrogen and oxygen atoms in total. The van der Waals surface area contributed by atoms with Gasteiger partial charge in [-0.1, -0.05) is 22.0 Å². The third kappa shape index (κ3) is 1.64. The predicted octanol–water partition coefficient (Wildman–Crippen LogP) is 2.92. The van der Waals surface area contributed by atoms with Gasteiger partial charge in [-0.25, -0.2) is 0 Å². The average molecular weight is 253 g/mol.